The number of benzene rings is 1. The van der Waals surface area contributed by atoms with Crippen molar-refractivity contribution in [3.05, 3.63) is 33.9 Å². The van der Waals surface area contributed by atoms with Gasteiger partial charge in [-0.15, -0.1) is 11.6 Å². The van der Waals surface area contributed by atoms with E-state index in [1.54, 1.807) is 0 Å². The first-order valence-electron chi connectivity index (χ1n) is 4.70. The van der Waals surface area contributed by atoms with Crippen molar-refractivity contribution < 1.29 is 0 Å². The zero-order chi connectivity index (χ0) is 10.7. The average Bonchev–Trinajstić information content (AvgIpc) is 2.15. The van der Waals surface area contributed by atoms with E-state index in [1.807, 2.05) is 0 Å². The van der Waals surface area contributed by atoms with Gasteiger partial charge in [0, 0.05) is 5.56 Å². The molecule has 0 aliphatic carbocycles. The first-order valence-corrected chi connectivity index (χ1v) is 5.23. The van der Waals surface area contributed by atoms with Gasteiger partial charge in [-0.1, -0.05) is 17.9 Å². The van der Waals surface area contributed by atoms with E-state index >= 15 is 0 Å². The number of aryl methyl sites for hydroxylation is 2. The van der Waals surface area contributed by atoms with Crippen molar-refractivity contribution in [1.29, 1.82) is 0 Å². The maximum Gasteiger partial charge on any atom is 0.0839 e. The number of hydrogen-bond donors (Lipinski definition) is 0. The molecule has 0 fully saturated rings. The zero-order valence-electron chi connectivity index (χ0n) is 9.16. The summed E-state index contributed by atoms with van der Waals surface area (Å²) >= 11 is 5.56. The summed E-state index contributed by atoms with van der Waals surface area (Å²) in [5.74, 6) is 6.44. The molecule has 1 heteroatoms. The fraction of sp³-hybridized carbons (Fsp3) is 0.385. The molecule has 0 radical (unpaired) electrons. The van der Waals surface area contributed by atoms with Gasteiger partial charge in [-0.05, 0) is 49.9 Å². The fourth-order valence-electron chi connectivity index (χ4n) is 1.53. The quantitative estimate of drug-likeness (QED) is 0.450. The van der Waals surface area contributed by atoms with Crippen LogP contribution in [0.2, 0.25) is 0 Å². The van der Waals surface area contributed by atoms with Crippen molar-refractivity contribution in [3.63, 3.8) is 0 Å². The second-order valence-corrected chi connectivity index (χ2v) is 3.84. The molecule has 14 heavy (non-hydrogen) atoms. The van der Waals surface area contributed by atoms with E-state index in [9.17, 15) is 0 Å². The third-order valence-electron chi connectivity index (χ3n) is 2.65. The smallest absolute Gasteiger partial charge is 0.0839 e. The molecule has 74 valence electrons. The lowest BCUT2D eigenvalue weighted by Crippen LogP contribution is -1.95. The van der Waals surface area contributed by atoms with Crippen molar-refractivity contribution in [2.45, 2.75) is 27.7 Å². The summed E-state index contributed by atoms with van der Waals surface area (Å²) < 4.78 is 0. The second-order valence-electron chi connectivity index (χ2n) is 3.57. The van der Waals surface area contributed by atoms with Gasteiger partial charge in [-0.3, -0.25) is 0 Å². The summed E-state index contributed by atoms with van der Waals surface area (Å²) in [4.78, 5) is 0. The summed E-state index contributed by atoms with van der Waals surface area (Å²) in [7, 11) is 0. The third kappa shape index (κ3) is 2.11. The van der Waals surface area contributed by atoms with Gasteiger partial charge in [0.05, 0.1) is 5.88 Å². The Balaban J connectivity index is 3.39. The number of halogens is 1. The number of rotatable bonds is 0. The SMILES string of the molecule is Cc1cc(C)c(C)c(C#CCCl)c1C. The van der Waals surface area contributed by atoms with E-state index < -0.39 is 0 Å². The molecule has 0 bridgehead atoms. The van der Waals surface area contributed by atoms with Crippen molar-refractivity contribution in [1.82, 2.24) is 0 Å². The summed E-state index contributed by atoms with van der Waals surface area (Å²) in [6.07, 6.45) is 0. The Morgan fingerprint density at radius 1 is 1.07 bits per heavy atom. The van der Waals surface area contributed by atoms with Gasteiger partial charge in [0.25, 0.3) is 0 Å². The van der Waals surface area contributed by atoms with Crippen LogP contribution in [0.25, 0.3) is 0 Å². The molecule has 0 heterocycles. The molecule has 1 aromatic rings. The van der Waals surface area contributed by atoms with Gasteiger partial charge in [0.1, 0.15) is 0 Å². The van der Waals surface area contributed by atoms with Crippen molar-refractivity contribution in [3.8, 4) is 11.8 Å². The lowest BCUT2D eigenvalue weighted by molar-refractivity contribution is 1.22. The Bertz CT molecular complexity index is 379. The van der Waals surface area contributed by atoms with Crippen LogP contribution < -0.4 is 0 Å². The number of hydrogen-bond acceptors (Lipinski definition) is 0. The summed E-state index contributed by atoms with van der Waals surface area (Å²) in [6.45, 7) is 8.46. The molecule has 1 rings (SSSR count). The van der Waals surface area contributed by atoms with Gasteiger partial charge in [-0.2, -0.15) is 0 Å². The lowest BCUT2D eigenvalue weighted by atomic mass is 9.95. The first-order chi connectivity index (χ1) is 6.57. The van der Waals surface area contributed by atoms with Crippen LogP contribution in [0, 0.1) is 39.5 Å². The summed E-state index contributed by atoms with van der Waals surface area (Å²) in [5.41, 5.74) is 6.28. The van der Waals surface area contributed by atoms with E-state index in [4.69, 9.17) is 11.6 Å². The van der Waals surface area contributed by atoms with Crippen molar-refractivity contribution in [2.75, 3.05) is 5.88 Å². The Morgan fingerprint density at radius 3 is 2.00 bits per heavy atom. The van der Waals surface area contributed by atoms with Crippen LogP contribution >= 0.6 is 11.6 Å². The van der Waals surface area contributed by atoms with Gasteiger partial charge >= 0.3 is 0 Å². The lowest BCUT2D eigenvalue weighted by Gasteiger charge is -2.10. The molecule has 0 spiro atoms. The molecule has 0 unspecified atom stereocenters. The molecule has 0 amide bonds. The molecular weight excluding hydrogens is 192 g/mol. The molecule has 0 N–H and O–H groups in total. The third-order valence-corrected chi connectivity index (χ3v) is 2.78. The van der Waals surface area contributed by atoms with Crippen molar-refractivity contribution in [2.24, 2.45) is 0 Å². The fourth-order valence-corrected chi connectivity index (χ4v) is 1.59. The van der Waals surface area contributed by atoms with Crippen LogP contribution in [-0.4, -0.2) is 5.88 Å². The standard InChI is InChI=1S/C13H15Cl/c1-9-8-10(2)12(4)13(11(9)3)6-5-7-14/h8H,7H2,1-4H3. The molecule has 0 aliphatic heterocycles. The molecular formula is C13H15Cl. The van der Waals surface area contributed by atoms with Gasteiger partial charge in [-0.25, -0.2) is 0 Å². The Kier molecular flexibility index (Phi) is 3.61. The molecule has 1 aromatic carbocycles. The molecule has 0 nitrogen and oxygen atoms in total. The maximum absolute atomic E-state index is 5.56. The van der Waals surface area contributed by atoms with Crippen LogP contribution in [-0.2, 0) is 0 Å². The first kappa shape index (κ1) is 11.1. The Hall–Kier alpha value is -0.930. The molecule has 0 atom stereocenters. The summed E-state index contributed by atoms with van der Waals surface area (Å²) in [5, 5.41) is 0. The van der Waals surface area contributed by atoms with Crippen LogP contribution in [0.4, 0.5) is 0 Å². The molecule has 0 aromatic heterocycles. The van der Waals surface area contributed by atoms with Crippen LogP contribution in [0.1, 0.15) is 27.8 Å². The minimum atomic E-state index is 0.395. The van der Waals surface area contributed by atoms with E-state index in [0.717, 1.165) is 5.56 Å². The van der Waals surface area contributed by atoms with Crippen molar-refractivity contribution >= 4 is 11.6 Å². The van der Waals surface area contributed by atoms with Gasteiger partial charge < -0.3 is 0 Å². The minimum Gasteiger partial charge on any atom is -0.113 e. The monoisotopic (exact) mass is 206 g/mol. The highest BCUT2D eigenvalue weighted by Crippen LogP contribution is 2.20. The normalized spacial score (nSPS) is 9.50. The van der Waals surface area contributed by atoms with Crippen LogP contribution in [0.5, 0.6) is 0 Å². The van der Waals surface area contributed by atoms with Gasteiger partial charge in [0.15, 0.2) is 0 Å². The predicted octanol–water partition coefficient (Wildman–Crippen LogP) is 3.51. The highest BCUT2D eigenvalue weighted by Gasteiger charge is 2.05. The maximum atomic E-state index is 5.56. The van der Waals surface area contributed by atoms with E-state index in [-0.39, 0.29) is 0 Å². The molecule has 0 saturated carbocycles. The summed E-state index contributed by atoms with van der Waals surface area (Å²) in [6, 6.07) is 2.20. The topological polar surface area (TPSA) is 0 Å². The van der Waals surface area contributed by atoms with E-state index in [1.165, 1.54) is 22.3 Å². The largest absolute Gasteiger partial charge is 0.113 e. The minimum absolute atomic E-state index is 0.395. The van der Waals surface area contributed by atoms with E-state index in [2.05, 4.69) is 45.6 Å². The van der Waals surface area contributed by atoms with Gasteiger partial charge in [0.2, 0.25) is 0 Å². The van der Waals surface area contributed by atoms with Crippen LogP contribution in [0.3, 0.4) is 0 Å². The molecule has 0 saturated heterocycles. The zero-order valence-corrected chi connectivity index (χ0v) is 9.92. The second kappa shape index (κ2) is 4.53. The van der Waals surface area contributed by atoms with Crippen LogP contribution in [0.15, 0.2) is 6.07 Å². The number of alkyl halides is 1. The highest BCUT2D eigenvalue weighted by atomic mass is 35.5. The predicted molar refractivity (Wildman–Crippen MR) is 63.0 cm³/mol. The Labute approximate surface area is 91.3 Å². The average molecular weight is 207 g/mol. The van der Waals surface area contributed by atoms with E-state index in [0.29, 0.717) is 5.88 Å². The highest BCUT2D eigenvalue weighted by molar-refractivity contribution is 6.19. The molecule has 0 aliphatic rings. The Morgan fingerprint density at radius 2 is 1.57 bits per heavy atom.